The summed E-state index contributed by atoms with van der Waals surface area (Å²) in [4.78, 5) is 29.0. The molecule has 0 spiro atoms. The van der Waals surface area contributed by atoms with E-state index in [4.69, 9.17) is 11.6 Å². The van der Waals surface area contributed by atoms with E-state index in [1.807, 2.05) is 23.6 Å². The first-order valence-electron chi connectivity index (χ1n) is 9.57. The van der Waals surface area contributed by atoms with Crippen LogP contribution in [0.3, 0.4) is 0 Å². The Morgan fingerprint density at radius 2 is 1.72 bits per heavy atom. The fourth-order valence-corrected chi connectivity index (χ4v) is 4.29. The van der Waals surface area contributed by atoms with Crippen LogP contribution in [0.2, 0.25) is 5.02 Å². The lowest BCUT2D eigenvalue weighted by molar-refractivity contribution is 0.0696. The second-order valence-corrected chi connectivity index (χ2v) is 8.16. The smallest absolute Gasteiger partial charge is 0.335 e. The summed E-state index contributed by atoms with van der Waals surface area (Å²) >= 11 is 7.77. The van der Waals surface area contributed by atoms with Gasteiger partial charge in [-0.25, -0.2) is 9.78 Å². The minimum Gasteiger partial charge on any atom is -0.478 e. The van der Waals surface area contributed by atoms with Crippen molar-refractivity contribution in [1.29, 1.82) is 0 Å². The van der Waals surface area contributed by atoms with E-state index >= 15 is 0 Å². The molecule has 0 radical (unpaired) electrons. The van der Waals surface area contributed by atoms with Gasteiger partial charge in [0.2, 0.25) is 0 Å². The minimum atomic E-state index is -1.01. The van der Waals surface area contributed by atoms with E-state index in [2.05, 4.69) is 10.1 Å². The number of benzene rings is 3. The standard InChI is InChI=1S/C24H14ClN3O3S/c25-19-4-2-1-3-17(19)23(29)28-21-11-16(20-12-32-13-26-20)9-10-18(21)22(27-28)14-5-7-15(8-6-14)24(30)31/h1-13H,(H,30,31). The van der Waals surface area contributed by atoms with Gasteiger partial charge in [0.1, 0.15) is 5.69 Å². The highest BCUT2D eigenvalue weighted by Crippen LogP contribution is 2.32. The Balaban J connectivity index is 1.72. The normalized spacial score (nSPS) is 11.0. The van der Waals surface area contributed by atoms with Gasteiger partial charge < -0.3 is 5.11 Å². The van der Waals surface area contributed by atoms with Crippen molar-refractivity contribution in [1.82, 2.24) is 14.8 Å². The molecule has 0 bridgehead atoms. The highest BCUT2D eigenvalue weighted by atomic mass is 35.5. The number of halogens is 1. The average Bonchev–Trinajstić information content (AvgIpc) is 3.47. The van der Waals surface area contributed by atoms with E-state index in [1.165, 1.54) is 28.2 Å². The Morgan fingerprint density at radius 3 is 2.41 bits per heavy atom. The Morgan fingerprint density at radius 1 is 0.969 bits per heavy atom. The van der Waals surface area contributed by atoms with Gasteiger partial charge in [-0.05, 0) is 36.4 Å². The average molecular weight is 460 g/mol. The lowest BCUT2D eigenvalue weighted by atomic mass is 10.0. The van der Waals surface area contributed by atoms with Crippen molar-refractivity contribution in [3.8, 4) is 22.5 Å². The van der Waals surface area contributed by atoms with Gasteiger partial charge in [-0.3, -0.25) is 4.79 Å². The van der Waals surface area contributed by atoms with Gasteiger partial charge >= 0.3 is 5.97 Å². The number of carbonyl (C=O) groups is 2. The molecule has 0 aliphatic carbocycles. The van der Waals surface area contributed by atoms with Crippen molar-refractivity contribution in [2.45, 2.75) is 0 Å². The topological polar surface area (TPSA) is 85.1 Å². The number of fused-ring (bicyclic) bond motifs is 1. The Kier molecular flexibility index (Phi) is 5.05. The van der Waals surface area contributed by atoms with Crippen LogP contribution in [0.25, 0.3) is 33.4 Å². The summed E-state index contributed by atoms with van der Waals surface area (Å²) in [6, 6.07) is 18.9. The number of carboxylic acid groups (broad SMARTS) is 1. The number of rotatable bonds is 4. The van der Waals surface area contributed by atoms with Crippen molar-refractivity contribution in [2.24, 2.45) is 0 Å². The van der Waals surface area contributed by atoms with Crippen LogP contribution in [-0.2, 0) is 0 Å². The zero-order valence-electron chi connectivity index (χ0n) is 16.4. The molecule has 0 unspecified atom stereocenters. The van der Waals surface area contributed by atoms with Crippen LogP contribution in [0.4, 0.5) is 0 Å². The Hall–Kier alpha value is -3.81. The van der Waals surface area contributed by atoms with Crippen LogP contribution >= 0.6 is 22.9 Å². The molecule has 0 atom stereocenters. The van der Waals surface area contributed by atoms with E-state index < -0.39 is 5.97 Å². The molecule has 1 N–H and O–H groups in total. The van der Waals surface area contributed by atoms with Crippen molar-refractivity contribution in [2.75, 3.05) is 0 Å². The quantitative estimate of drug-likeness (QED) is 0.363. The number of hydrogen-bond donors (Lipinski definition) is 1. The number of carbonyl (C=O) groups excluding carboxylic acids is 1. The number of carboxylic acids is 1. The van der Waals surface area contributed by atoms with Crippen LogP contribution < -0.4 is 0 Å². The molecular weight excluding hydrogens is 446 g/mol. The Bertz CT molecular complexity index is 1470. The van der Waals surface area contributed by atoms with Gasteiger partial charge in [0.05, 0.1) is 32.9 Å². The molecule has 32 heavy (non-hydrogen) atoms. The number of thiazole rings is 1. The fourth-order valence-electron chi connectivity index (χ4n) is 3.52. The predicted molar refractivity (Wildman–Crippen MR) is 124 cm³/mol. The van der Waals surface area contributed by atoms with Gasteiger partial charge in [0, 0.05) is 21.9 Å². The maximum Gasteiger partial charge on any atom is 0.335 e. The predicted octanol–water partition coefficient (Wildman–Crippen LogP) is 5.87. The second-order valence-electron chi connectivity index (χ2n) is 7.03. The van der Waals surface area contributed by atoms with Gasteiger partial charge in [-0.2, -0.15) is 9.78 Å². The molecular formula is C24H14ClN3O3S. The van der Waals surface area contributed by atoms with Crippen molar-refractivity contribution < 1.29 is 14.7 Å². The van der Waals surface area contributed by atoms with Crippen molar-refractivity contribution in [3.63, 3.8) is 0 Å². The number of aromatic nitrogens is 3. The van der Waals surface area contributed by atoms with Crippen LogP contribution in [0.5, 0.6) is 0 Å². The van der Waals surface area contributed by atoms with E-state index in [9.17, 15) is 14.7 Å². The van der Waals surface area contributed by atoms with E-state index in [1.54, 1.807) is 41.9 Å². The third-order valence-electron chi connectivity index (χ3n) is 5.11. The first-order valence-corrected chi connectivity index (χ1v) is 10.9. The van der Waals surface area contributed by atoms with Gasteiger partial charge in [0.15, 0.2) is 0 Å². The largest absolute Gasteiger partial charge is 0.478 e. The van der Waals surface area contributed by atoms with Gasteiger partial charge in [0.25, 0.3) is 5.91 Å². The molecule has 0 saturated carbocycles. The fraction of sp³-hybridized carbons (Fsp3) is 0. The molecule has 5 aromatic rings. The maximum absolute atomic E-state index is 13.4. The molecule has 8 heteroatoms. The third kappa shape index (κ3) is 3.47. The summed E-state index contributed by atoms with van der Waals surface area (Å²) in [6.45, 7) is 0. The maximum atomic E-state index is 13.4. The first kappa shape index (κ1) is 20.1. The van der Waals surface area contributed by atoms with E-state index in [-0.39, 0.29) is 11.5 Å². The third-order valence-corrected chi connectivity index (χ3v) is 6.03. The van der Waals surface area contributed by atoms with Crippen LogP contribution in [0.15, 0.2) is 77.6 Å². The summed E-state index contributed by atoms with van der Waals surface area (Å²) in [7, 11) is 0. The highest BCUT2D eigenvalue weighted by molar-refractivity contribution is 7.07. The molecule has 2 aromatic heterocycles. The van der Waals surface area contributed by atoms with Crippen molar-refractivity contribution in [3.05, 3.63) is 93.8 Å². The molecule has 0 aliphatic heterocycles. The lowest BCUT2D eigenvalue weighted by Crippen LogP contribution is -2.14. The lowest BCUT2D eigenvalue weighted by Gasteiger charge is -2.05. The summed E-state index contributed by atoms with van der Waals surface area (Å²) < 4.78 is 1.34. The molecule has 156 valence electrons. The highest BCUT2D eigenvalue weighted by Gasteiger charge is 2.21. The SMILES string of the molecule is O=C(O)c1ccc(-c2nn(C(=O)c3ccccc3Cl)c3cc(-c4cscn4)ccc23)cc1. The molecule has 0 amide bonds. The summed E-state index contributed by atoms with van der Waals surface area (Å²) in [6.07, 6.45) is 0. The molecule has 6 nitrogen and oxygen atoms in total. The monoisotopic (exact) mass is 459 g/mol. The van der Waals surface area contributed by atoms with Crippen LogP contribution in [0, 0.1) is 0 Å². The van der Waals surface area contributed by atoms with E-state index in [0.29, 0.717) is 27.4 Å². The second kappa shape index (κ2) is 8.03. The summed E-state index contributed by atoms with van der Waals surface area (Å²) in [5.74, 6) is -1.36. The summed E-state index contributed by atoms with van der Waals surface area (Å²) in [5.41, 5.74) is 5.82. The molecule has 3 aromatic carbocycles. The number of hydrogen-bond acceptors (Lipinski definition) is 5. The zero-order chi connectivity index (χ0) is 22.2. The number of aromatic carboxylic acids is 1. The zero-order valence-corrected chi connectivity index (χ0v) is 18.0. The van der Waals surface area contributed by atoms with Gasteiger partial charge in [-0.1, -0.05) is 41.9 Å². The molecule has 0 fully saturated rings. The number of nitrogens with zero attached hydrogens (tertiary/aromatic N) is 3. The first-order chi connectivity index (χ1) is 15.5. The molecule has 5 rings (SSSR count). The molecule has 0 saturated heterocycles. The van der Waals surface area contributed by atoms with Crippen molar-refractivity contribution >= 4 is 45.7 Å². The summed E-state index contributed by atoms with van der Waals surface area (Å²) in [5, 5.41) is 16.8. The van der Waals surface area contributed by atoms with Crippen LogP contribution in [0.1, 0.15) is 20.7 Å². The molecule has 0 aliphatic rings. The minimum absolute atomic E-state index is 0.176. The molecule has 2 heterocycles. The van der Waals surface area contributed by atoms with Crippen LogP contribution in [-0.4, -0.2) is 31.7 Å². The van der Waals surface area contributed by atoms with E-state index in [0.717, 1.165) is 16.6 Å². The Labute approximate surface area is 191 Å². The van der Waals surface area contributed by atoms with Gasteiger partial charge in [-0.15, -0.1) is 11.3 Å².